The number of likely N-dealkylation sites (N-methyl/N-ethyl adjacent to an activating group) is 1. The highest BCUT2D eigenvalue weighted by Gasteiger charge is 2.36. The van der Waals surface area contributed by atoms with Crippen molar-refractivity contribution in [2.75, 3.05) is 20.2 Å². The van der Waals surface area contributed by atoms with E-state index < -0.39 is 29.7 Å². The Hall–Kier alpha value is -2.89. The first-order valence-corrected chi connectivity index (χ1v) is 14.5. The van der Waals surface area contributed by atoms with E-state index in [0.717, 1.165) is 0 Å². The van der Waals surface area contributed by atoms with Crippen molar-refractivity contribution in [3.05, 3.63) is 16.1 Å². The number of rotatable bonds is 13. The van der Waals surface area contributed by atoms with Crippen LogP contribution in [0.25, 0.3) is 0 Å². The molecule has 12 heteroatoms. The molecule has 0 saturated carbocycles. The van der Waals surface area contributed by atoms with Gasteiger partial charge in [-0.3, -0.25) is 4.79 Å². The summed E-state index contributed by atoms with van der Waals surface area (Å²) in [6.45, 7) is 17.3. The second kappa shape index (κ2) is 15.6. The van der Waals surface area contributed by atoms with Gasteiger partial charge in [0.2, 0.25) is 5.91 Å². The van der Waals surface area contributed by atoms with Gasteiger partial charge in [0.1, 0.15) is 16.7 Å². The summed E-state index contributed by atoms with van der Waals surface area (Å²) in [5, 5.41) is 10.6. The average molecular weight is 570 g/mol. The lowest BCUT2D eigenvalue weighted by atomic mass is 9.92. The van der Waals surface area contributed by atoms with Gasteiger partial charge in [-0.25, -0.2) is 19.4 Å². The molecule has 0 radical (unpaired) electrons. The monoisotopic (exact) mass is 569 g/mol. The van der Waals surface area contributed by atoms with Crippen LogP contribution >= 0.6 is 11.3 Å². The summed E-state index contributed by atoms with van der Waals surface area (Å²) in [6, 6.07) is -2.07. The van der Waals surface area contributed by atoms with Crippen LogP contribution in [0.1, 0.15) is 96.7 Å². The number of esters is 1. The number of alkyl carbamates (subject to hydrolysis) is 1. The van der Waals surface area contributed by atoms with Gasteiger partial charge in [-0.2, -0.15) is 0 Å². The maximum absolute atomic E-state index is 13.8. The van der Waals surface area contributed by atoms with E-state index in [1.165, 1.54) is 11.3 Å². The highest BCUT2D eigenvalue weighted by atomic mass is 32.1. The van der Waals surface area contributed by atoms with Crippen LogP contribution in [0.3, 0.4) is 0 Å². The van der Waals surface area contributed by atoms with Gasteiger partial charge in [0.05, 0.1) is 12.6 Å². The molecule has 1 aromatic heterocycles. The quantitative estimate of drug-likeness (QED) is 0.297. The van der Waals surface area contributed by atoms with Gasteiger partial charge in [-0.1, -0.05) is 34.1 Å². The van der Waals surface area contributed by atoms with E-state index in [4.69, 9.17) is 9.47 Å². The molecule has 11 nitrogen and oxygen atoms in total. The van der Waals surface area contributed by atoms with Crippen molar-refractivity contribution in [3.63, 3.8) is 0 Å². The minimum atomic E-state index is -0.791. The molecule has 0 unspecified atom stereocenters. The van der Waals surface area contributed by atoms with Crippen molar-refractivity contribution >= 4 is 35.3 Å². The van der Waals surface area contributed by atoms with Gasteiger partial charge in [0.15, 0.2) is 5.69 Å². The van der Waals surface area contributed by atoms with E-state index in [1.807, 2.05) is 34.6 Å². The molecule has 4 amide bonds. The summed E-state index contributed by atoms with van der Waals surface area (Å²) in [5.74, 6) is -0.928. The van der Waals surface area contributed by atoms with Gasteiger partial charge in [-0.15, -0.1) is 11.3 Å². The molecule has 1 heterocycles. The fourth-order valence-corrected chi connectivity index (χ4v) is 4.81. The molecule has 0 saturated heterocycles. The lowest BCUT2D eigenvalue weighted by molar-refractivity contribution is -0.136. The molecule has 0 aliphatic heterocycles. The van der Waals surface area contributed by atoms with E-state index >= 15 is 0 Å². The molecule has 4 atom stereocenters. The smallest absolute Gasteiger partial charge is 0.408 e. The van der Waals surface area contributed by atoms with Crippen LogP contribution in [0.2, 0.25) is 0 Å². The maximum Gasteiger partial charge on any atom is 0.408 e. The van der Waals surface area contributed by atoms with E-state index in [0.29, 0.717) is 24.4 Å². The van der Waals surface area contributed by atoms with Crippen LogP contribution in [0.15, 0.2) is 5.38 Å². The zero-order chi connectivity index (χ0) is 29.9. The second-order valence-electron chi connectivity index (χ2n) is 10.9. The molecule has 0 aliphatic carbocycles. The third-order valence-electron chi connectivity index (χ3n) is 6.19. The number of hydrogen-bond acceptors (Lipinski definition) is 8. The molecule has 0 bridgehead atoms. The van der Waals surface area contributed by atoms with Crippen molar-refractivity contribution in [2.24, 2.45) is 11.8 Å². The first-order valence-electron chi connectivity index (χ1n) is 13.6. The zero-order valence-corrected chi connectivity index (χ0v) is 25.9. The molecule has 0 aliphatic rings. The molecule has 1 aromatic rings. The van der Waals surface area contributed by atoms with Gasteiger partial charge in [0.25, 0.3) is 0 Å². The SMILES string of the molecule is CCNC(=O)N[C@H](C[C@H](C(C)C)N(C)C(=O)[C@@H](NC(=O)OC(C)(C)C)[C@@H](C)CC)c1nc(C(=O)OCC)cs1. The lowest BCUT2D eigenvalue weighted by Crippen LogP contribution is -2.55. The van der Waals surface area contributed by atoms with Crippen molar-refractivity contribution in [1.29, 1.82) is 0 Å². The number of nitrogens with zero attached hydrogens (tertiary/aromatic N) is 2. The predicted octanol–water partition coefficient (Wildman–Crippen LogP) is 4.49. The number of carbonyl (C=O) groups excluding carboxylic acids is 4. The average Bonchev–Trinajstić information content (AvgIpc) is 3.33. The number of hydrogen-bond donors (Lipinski definition) is 3. The van der Waals surface area contributed by atoms with E-state index in [2.05, 4.69) is 20.9 Å². The van der Waals surface area contributed by atoms with Crippen molar-refractivity contribution in [2.45, 2.75) is 98.9 Å². The first kappa shape index (κ1) is 34.1. The van der Waals surface area contributed by atoms with Crippen molar-refractivity contribution in [3.8, 4) is 0 Å². The Kier molecular flexibility index (Phi) is 13.7. The van der Waals surface area contributed by atoms with Crippen molar-refractivity contribution in [1.82, 2.24) is 25.8 Å². The van der Waals surface area contributed by atoms with Gasteiger partial charge in [-0.05, 0) is 52.9 Å². The first-order chi connectivity index (χ1) is 18.1. The highest BCUT2D eigenvalue weighted by Crippen LogP contribution is 2.28. The van der Waals surface area contributed by atoms with Gasteiger partial charge >= 0.3 is 18.1 Å². The summed E-state index contributed by atoms with van der Waals surface area (Å²) < 4.78 is 10.5. The number of thiazole rings is 1. The summed E-state index contributed by atoms with van der Waals surface area (Å²) in [5.41, 5.74) is -0.531. The normalized spacial score (nSPS) is 14.5. The standard InChI is InChI=1S/C27H47N5O6S/c1-11-17(6)21(31-26(36)38-27(7,8)9)23(33)32(10)20(16(4)5)14-18(30-25(35)28-12-2)22-29-19(15-39-22)24(34)37-13-3/h15-18,20-21H,11-14H2,1-10H3,(H,31,36)(H2,28,30,35)/t17-,18+,20+,21-/m0/s1. The van der Waals surface area contributed by atoms with E-state index in [-0.39, 0.29) is 42.1 Å². The molecular weight excluding hydrogens is 522 g/mol. The number of amides is 4. The molecule has 0 spiro atoms. The Labute approximate surface area is 236 Å². The molecule has 0 aromatic carbocycles. The highest BCUT2D eigenvalue weighted by molar-refractivity contribution is 7.09. The zero-order valence-electron chi connectivity index (χ0n) is 25.0. The second-order valence-corrected chi connectivity index (χ2v) is 11.7. The molecule has 1 rings (SSSR count). The minimum absolute atomic E-state index is 0.00100. The van der Waals surface area contributed by atoms with Crippen LogP contribution in [0.5, 0.6) is 0 Å². The Bertz CT molecular complexity index is 961. The summed E-state index contributed by atoms with van der Waals surface area (Å²) >= 11 is 1.24. The Morgan fingerprint density at radius 3 is 2.23 bits per heavy atom. The Morgan fingerprint density at radius 2 is 1.72 bits per heavy atom. The number of carbonyl (C=O) groups is 4. The lowest BCUT2D eigenvalue weighted by Gasteiger charge is -2.37. The topological polar surface area (TPSA) is 139 Å². The van der Waals surface area contributed by atoms with E-state index in [9.17, 15) is 19.2 Å². The fraction of sp³-hybridized carbons (Fsp3) is 0.741. The number of nitrogens with one attached hydrogen (secondary N) is 3. The third-order valence-corrected chi connectivity index (χ3v) is 7.15. The van der Waals surface area contributed by atoms with Crippen LogP contribution < -0.4 is 16.0 Å². The van der Waals surface area contributed by atoms with Crippen LogP contribution in [0, 0.1) is 11.8 Å². The maximum atomic E-state index is 13.8. The van der Waals surface area contributed by atoms with Crippen LogP contribution in [-0.2, 0) is 14.3 Å². The van der Waals surface area contributed by atoms with Crippen LogP contribution in [-0.4, -0.2) is 71.8 Å². The summed E-state index contributed by atoms with van der Waals surface area (Å²) in [6.07, 6.45) is 0.358. The Balaban J connectivity index is 3.28. The molecule has 0 fully saturated rings. The molecule has 222 valence electrons. The largest absolute Gasteiger partial charge is 0.461 e. The molecule has 3 N–H and O–H groups in total. The molecule has 39 heavy (non-hydrogen) atoms. The fourth-order valence-electron chi connectivity index (χ4n) is 3.96. The van der Waals surface area contributed by atoms with E-state index in [1.54, 1.807) is 45.0 Å². The van der Waals surface area contributed by atoms with Crippen LogP contribution in [0.4, 0.5) is 9.59 Å². The number of aromatic nitrogens is 1. The summed E-state index contributed by atoms with van der Waals surface area (Å²) in [7, 11) is 1.70. The van der Waals surface area contributed by atoms with Crippen molar-refractivity contribution < 1.29 is 28.7 Å². The summed E-state index contributed by atoms with van der Waals surface area (Å²) in [4.78, 5) is 57.1. The third kappa shape index (κ3) is 11.0. The number of ether oxygens (including phenoxy) is 2. The Morgan fingerprint density at radius 1 is 1.08 bits per heavy atom. The number of urea groups is 1. The van der Waals surface area contributed by atoms with Gasteiger partial charge < -0.3 is 30.3 Å². The molecular formula is C27H47N5O6S. The minimum Gasteiger partial charge on any atom is -0.461 e. The van der Waals surface area contributed by atoms with Gasteiger partial charge in [0, 0.05) is 25.0 Å². The predicted molar refractivity (Wildman–Crippen MR) is 152 cm³/mol.